The molecule has 0 aliphatic heterocycles. The van der Waals surface area contributed by atoms with Gasteiger partial charge in [-0.05, 0) is 43.9 Å². The second-order valence-corrected chi connectivity index (χ2v) is 4.98. The highest BCUT2D eigenvalue weighted by atomic mass is 16.5. The number of hydrogen-bond acceptors (Lipinski definition) is 2. The van der Waals surface area contributed by atoms with Crippen molar-refractivity contribution in [1.82, 2.24) is 0 Å². The minimum Gasteiger partial charge on any atom is -0.385 e. The first-order valence-electron chi connectivity index (χ1n) is 7.10. The number of hydrogen-bond donors (Lipinski definition) is 1. The molecule has 1 rings (SSSR count). The van der Waals surface area contributed by atoms with E-state index in [0.717, 1.165) is 13.0 Å². The molecule has 1 N–H and O–H groups in total. The molecule has 1 unspecified atom stereocenters. The maximum absolute atomic E-state index is 5.08. The van der Waals surface area contributed by atoms with Crippen molar-refractivity contribution in [2.75, 3.05) is 19.0 Å². The van der Waals surface area contributed by atoms with Gasteiger partial charge in [0.15, 0.2) is 0 Å². The Balaban J connectivity index is 2.35. The highest BCUT2D eigenvalue weighted by Gasteiger charge is 2.01. The molecule has 18 heavy (non-hydrogen) atoms. The Labute approximate surface area is 112 Å². The summed E-state index contributed by atoms with van der Waals surface area (Å²) in [5.41, 5.74) is 2.65. The summed E-state index contributed by atoms with van der Waals surface area (Å²) in [7, 11) is 1.75. The first-order valence-corrected chi connectivity index (χ1v) is 7.10. The fraction of sp³-hybridized carbons (Fsp3) is 0.625. The van der Waals surface area contributed by atoms with E-state index in [4.69, 9.17) is 4.74 Å². The van der Waals surface area contributed by atoms with E-state index in [9.17, 15) is 0 Å². The summed E-state index contributed by atoms with van der Waals surface area (Å²) in [4.78, 5) is 0. The summed E-state index contributed by atoms with van der Waals surface area (Å²) >= 11 is 0. The number of nitrogens with one attached hydrogen (secondary N) is 1. The summed E-state index contributed by atoms with van der Waals surface area (Å²) in [5, 5.41) is 3.49. The van der Waals surface area contributed by atoms with Gasteiger partial charge in [0.2, 0.25) is 0 Å². The summed E-state index contributed by atoms with van der Waals surface area (Å²) in [6.45, 7) is 5.24. The van der Waals surface area contributed by atoms with Crippen LogP contribution in [-0.4, -0.2) is 19.8 Å². The van der Waals surface area contributed by atoms with Crippen LogP contribution in [0.1, 0.15) is 45.1 Å². The molecule has 0 amide bonds. The average Bonchev–Trinajstić information content (AvgIpc) is 2.39. The van der Waals surface area contributed by atoms with E-state index < -0.39 is 0 Å². The lowest BCUT2D eigenvalue weighted by molar-refractivity contribution is 0.191. The van der Waals surface area contributed by atoms with Crippen LogP contribution >= 0.6 is 0 Å². The van der Waals surface area contributed by atoms with Gasteiger partial charge in [-0.25, -0.2) is 0 Å². The maximum Gasteiger partial charge on any atom is 0.0481 e. The van der Waals surface area contributed by atoms with Gasteiger partial charge in [0.25, 0.3) is 0 Å². The van der Waals surface area contributed by atoms with E-state index in [2.05, 4.69) is 43.4 Å². The zero-order valence-electron chi connectivity index (χ0n) is 12.0. The second kappa shape index (κ2) is 8.98. The summed E-state index contributed by atoms with van der Waals surface area (Å²) in [6, 6.07) is 9.30. The summed E-state index contributed by atoms with van der Waals surface area (Å²) in [5.74, 6) is 0. The lowest BCUT2D eigenvalue weighted by Crippen LogP contribution is -2.17. The third-order valence-corrected chi connectivity index (χ3v) is 3.19. The number of benzene rings is 1. The van der Waals surface area contributed by atoms with Gasteiger partial charge in [0.05, 0.1) is 0 Å². The fourth-order valence-corrected chi connectivity index (χ4v) is 2.00. The van der Waals surface area contributed by atoms with Crippen molar-refractivity contribution in [1.29, 1.82) is 0 Å². The predicted octanol–water partition coefficient (Wildman–Crippen LogP) is 4.26. The number of methoxy groups -OCH3 is 1. The molecule has 0 radical (unpaired) electrons. The van der Waals surface area contributed by atoms with Gasteiger partial charge in [0.1, 0.15) is 0 Å². The third-order valence-electron chi connectivity index (χ3n) is 3.19. The topological polar surface area (TPSA) is 21.3 Å². The lowest BCUT2D eigenvalue weighted by Gasteiger charge is -2.15. The molecular formula is C16H27NO. The van der Waals surface area contributed by atoms with Crippen molar-refractivity contribution in [2.24, 2.45) is 0 Å². The monoisotopic (exact) mass is 249 g/mol. The molecule has 102 valence electrons. The molecule has 0 aliphatic rings. The van der Waals surface area contributed by atoms with Crippen LogP contribution in [0.3, 0.4) is 0 Å². The number of ether oxygens (including phenoxy) is 1. The van der Waals surface area contributed by atoms with Gasteiger partial charge >= 0.3 is 0 Å². The van der Waals surface area contributed by atoms with Gasteiger partial charge < -0.3 is 10.1 Å². The van der Waals surface area contributed by atoms with E-state index in [1.165, 1.54) is 36.9 Å². The van der Waals surface area contributed by atoms with Crippen molar-refractivity contribution < 1.29 is 4.74 Å². The Hall–Kier alpha value is -1.02. The highest BCUT2D eigenvalue weighted by Crippen LogP contribution is 2.13. The molecule has 1 aromatic carbocycles. The van der Waals surface area contributed by atoms with Crippen LogP contribution in [-0.2, 0) is 11.2 Å². The van der Waals surface area contributed by atoms with Crippen molar-refractivity contribution in [3.8, 4) is 0 Å². The van der Waals surface area contributed by atoms with E-state index in [0.29, 0.717) is 6.04 Å². The molecule has 0 aromatic heterocycles. The van der Waals surface area contributed by atoms with Crippen LogP contribution in [0, 0.1) is 0 Å². The van der Waals surface area contributed by atoms with Crippen molar-refractivity contribution in [3.05, 3.63) is 29.8 Å². The standard InChI is InChI=1S/C16H27NO/c1-4-5-6-7-15-8-10-16(11-9-15)17-14(2)12-13-18-3/h8-11,14,17H,4-7,12-13H2,1-3H3. The molecule has 0 bridgehead atoms. The van der Waals surface area contributed by atoms with Gasteiger partial charge in [-0.1, -0.05) is 31.9 Å². The van der Waals surface area contributed by atoms with Gasteiger partial charge in [0, 0.05) is 25.4 Å². The van der Waals surface area contributed by atoms with Crippen molar-refractivity contribution in [2.45, 2.75) is 52.0 Å². The van der Waals surface area contributed by atoms with E-state index in [1.54, 1.807) is 7.11 Å². The number of anilines is 1. The first kappa shape index (κ1) is 15.0. The number of rotatable bonds is 9. The summed E-state index contributed by atoms with van der Waals surface area (Å²) in [6.07, 6.45) is 6.15. The summed E-state index contributed by atoms with van der Waals surface area (Å²) < 4.78 is 5.08. The maximum atomic E-state index is 5.08. The second-order valence-electron chi connectivity index (χ2n) is 4.98. The van der Waals surface area contributed by atoms with Crippen LogP contribution in [0.5, 0.6) is 0 Å². The SMILES string of the molecule is CCCCCc1ccc(NC(C)CCOC)cc1. The predicted molar refractivity (Wildman–Crippen MR) is 79.2 cm³/mol. The zero-order valence-corrected chi connectivity index (χ0v) is 12.0. The molecule has 1 atom stereocenters. The Morgan fingerprint density at radius 1 is 1.17 bits per heavy atom. The Bertz CT molecular complexity index is 307. The third kappa shape index (κ3) is 6.06. The first-order chi connectivity index (χ1) is 8.76. The quantitative estimate of drug-likeness (QED) is 0.660. The van der Waals surface area contributed by atoms with E-state index in [1.807, 2.05) is 0 Å². The molecule has 0 spiro atoms. The van der Waals surface area contributed by atoms with E-state index in [-0.39, 0.29) is 0 Å². The zero-order chi connectivity index (χ0) is 13.2. The molecule has 0 saturated carbocycles. The fourth-order valence-electron chi connectivity index (χ4n) is 2.00. The smallest absolute Gasteiger partial charge is 0.0481 e. The van der Waals surface area contributed by atoms with Crippen LogP contribution in [0.25, 0.3) is 0 Å². The van der Waals surface area contributed by atoms with Crippen LogP contribution in [0.4, 0.5) is 5.69 Å². The van der Waals surface area contributed by atoms with Gasteiger partial charge in [-0.3, -0.25) is 0 Å². The molecule has 2 nitrogen and oxygen atoms in total. The lowest BCUT2D eigenvalue weighted by atomic mass is 10.1. The molecular weight excluding hydrogens is 222 g/mol. The van der Waals surface area contributed by atoms with Gasteiger partial charge in [-0.2, -0.15) is 0 Å². The molecule has 1 aromatic rings. The molecule has 0 saturated heterocycles. The minimum absolute atomic E-state index is 0.455. The van der Waals surface area contributed by atoms with Gasteiger partial charge in [-0.15, -0.1) is 0 Å². The number of unbranched alkanes of at least 4 members (excludes halogenated alkanes) is 2. The van der Waals surface area contributed by atoms with Crippen molar-refractivity contribution >= 4 is 5.69 Å². The van der Waals surface area contributed by atoms with Crippen molar-refractivity contribution in [3.63, 3.8) is 0 Å². The largest absolute Gasteiger partial charge is 0.385 e. The Morgan fingerprint density at radius 2 is 1.89 bits per heavy atom. The minimum atomic E-state index is 0.455. The molecule has 0 fully saturated rings. The molecule has 0 heterocycles. The number of aryl methyl sites for hydroxylation is 1. The average molecular weight is 249 g/mol. The normalized spacial score (nSPS) is 12.4. The van der Waals surface area contributed by atoms with Crippen LogP contribution in [0.15, 0.2) is 24.3 Å². The Morgan fingerprint density at radius 3 is 2.50 bits per heavy atom. The van der Waals surface area contributed by atoms with Crippen LogP contribution < -0.4 is 5.32 Å². The van der Waals surface area contributed by atoms with E-state index >= 15 is 0 Å². The molecule has 0 aliphatic carbocycles. The molecule has 2 heteroatoms. The van der Waals surface area contributed by atoms with Crippen LogP contribution in [0.2, 0.25) is 0 Å². The highest BCUT2D eigenvalue weighted by molar-refractivity contribution is 5.45. The Kier molecular flexibility index (Phi) is 7.51.